The van der Waals surface area contributed by atoms with Crippen LogP contribution >= 0.6 is 23.1 Å². The number of nitrogens with zero attached hydrogens (tertiary/aromatic N) is 4. The van der Waals surface area contributed by atoms with E-state index in [1.54, 1.807) is 6.07 Å². The lowest BCUT2D eigenvalue weighted by molar-refractivity contribution is -0.113. The molecule has 1 saturated heterocycles. The maximum absolute atomic E-state index is 13.4. The summed E-state index contributed by atoms with van der Waals surface area (Å²) in [5, 5.41) is 4.97. The molecule has 1 aliphatic heterocycles. The molecule has 0 spiro atoms. The number of halogens is 1. The van der Waals surface area contributed by atoms with E-state index < -0.39 is 0 Å². The van der Waals surface area contributed by atoms with Crippen molar-refractivity contribution in [1.29, 1.82) is 0 Å². The highest BCUT2D eigenvalue weighted by atomic mass is 32.2. The molecule has 3 heterocycles. The van der Waals surface area contributed by atoms with E-state index >= 15 is 0 Å². The van der Waals surface area contributed by atoms with E-state index in [0.29, 0.717) is 35.1 Å². The van der Waals surface area contributed by atoms with Crippen molar-refractivity contribution in [2.24, 2.45) is 0 Å². The van der Waals surface area contributed by atoms with Crippen molar-refractivity contribution in [2.75, 3.05) is 37.4 Å². The standard InChI is InChI=1S/C22H20FN5O2S2/c23-14-5-6-17-18(11-14)32-22(25-17)27-20(29)13-31-21-15-3-1-2-4-16(15)24-19(26-21)12-28-7-9-30-10-8-28/h1-6,11H,7-10,12-13H2,(H,25,27,29). The van der Waals surface area contributed by atoms with Crippen LogP contribution in [0, 0.1) is 5.82 Å². The largest absolute Gasteiger partial charge is 0.379 e. The summed E-state index contributed by atoms with van der Waals surface area (Å²) < 4.78 is 19.5. The Balaban J connectivity index is 1.30. The van der Waals surface area contributed by atoms with E-state index in [-0.39, 0.29) is 17.5 Å². The van der Waals surface area contributed by atoms with Gasteiger partial charge in [0.05, 0.1) is 41.2 Å². The number of rotatable bonds is 6. The molecule has 5 rings (SSSR count). The van der Waals surface area contributed by atoms with E-state index in [1.807, 2.05) is 24.3 Å². The third-order valence-electron chi connectivity index (χ3n) is 5.02. The summed E-state index contributed by atoms with van der Waals surface area (Å²) in [5.41, 5.74) is 1.52. The first kappa shape index (κ1) is 21.2. The van der Waals surface area contributed by atoms with Crippen LogP contribution in [0.25, 0.3) is 21.1 Å². The number of anilines is 1. The second kappa shape index (κ2) is 9.45. The fourth-order valence-corrected chi connectivity index (χ4v) is 5.22. The Hall–Kier alpha value is -2.66. The Kier molecular flexibility index (Phi) is 6.26. The zero-order chi connectivity index (χ0) is 21.9. The molecule has 1 fully saturated rings. The predicted octanol–water partition coefficient (Wildman–Crippen LogP) is 3.94. The molecule has 1 aliphatic rings. The van der Waals surface area contributed by atoms with Crippen LogP contribution in [0.3, 0.4) is 0 Å². The molecular formula is C22H20FN5O2S2. The topological polar surface area (TPSA) is 80.2 Å². The molecule has 2 aromatic heterocycles. The molecule has 164 valence electrons. The molecule has 0 aliphatic carbocycles. The molecule has 10 heteroatoms. The number of thioether (sulfide) groups is 1. The van der Waals surface area contributed by atoms with Gasteiger partial charge >= 0.3 is 0 Å². The highest BCUT2D eigenvalue weighted by Gasteiger charge is 2.16. The SMILES string of the molecule is O=C(CSc1nc(CN2CCOCC2)nc2ccccc12)Nc1nc2ccc(F)cc2s1. The third-order valence-corrected chi connectivity index (χ3v) is 6.94. The van der Waals surface area contributed by atoms with Gasteiger partial charge in [-0.1, -0.05) is 41.3 Å². The third kappa shape index (κ3) is 4.88. The Morgan fingerprint density at radius 1 is 1.12 bits per heavy atom. The quantitative estimate of drug-likeness (QED) is 0.338. The van der Waals surface area contributed by atoms with Crippen LogP contribution in [0.5, 0.6) is 0 Å². The van der Waals surface area contributed by atoms with Crippen molar-refractivity contribution < 1.29 is 13.9 Å². The minimum Gasteiger partial charge on any atom is -0.379 e. The van der Waals surface area contributed by atoms with Crippen LogP contribution in [-0.4, -0.2) is 57.8 Å². The summed E-state index contributed by atoms with van der Waals surface area (Å²) >= 11 is 2.63. The Morgan fingerprint density at radius 3 is 2.84 bits per heavy atom. The van der Waals surface area contributed by atoms with Gasteiger partial charge in [0, 0.05) is 18.5 Å². The summed E-state index contributed by atoms with van der Waals surface area (Å²) in [4.78, 5) is 28.6. The van der Waals surface area contributed by atoms with E-state index in [1.165, 1.54) is 35.2 Å². The zero-order valence-corrected chi connectivity index (χ0v) is 18.7. The number of morpholine rings is 1. The molecule has 2 aromatic carbocycles. The zero-order valence-electron chi connectivity index (χ0n) is 17.1. The molecule has 4 aromatic rings. The molecule has 0 saturated carbocycles. The van der Waals surface area contributed by atoms with E-state index in [0.717, 1.165) is 34.8 Å². The second-order valence-corrected chi connectivity index (χ2v) is 9.31. The van der Waals surface area contributed by atoms with Gasteiger partial charge in [-0.2, -0.15) is 0 Å². The Bertz CT molecular complexity index is 1280. The van der Waals surface area contributed by atoms with Gasteiger partial charge in [-0.3, -0.25) is 9.69 Å². The summed E-state index contributed by atoms with van der Waals surface area (Å²) in [5.74, 6) is 0.411. The second-order valence-electron chi connectivity index (χ2n) is 7.32. The Morgan fingerprint density at radius 2 is 1.97 bits per heavy atom. The lowest BCUT2D eigenvalue weighted by Crippen LogP contribution is -2.36. The number of benzene rings is 2. The highest BCUT2D eigenvalue weighted by Crippen LogP contribution is 2.28. The first-order valence-corrected chi connectivity index (χ1v) is 12.0. The van der Waals surface area contributed by atoms with Crippen LogP contribution in [0.15, 0.2) is 47.5 Å². The van der Waals surface area contributed by atoms with Gasteiger partial charge in [0.2, 0.25) is 5.91 Å². The minimum absolute atomic E-state index is 0.183. The lowest BCUT2D eigenvalue weighted by Gasteiger charge is -2.25. The van der Waals surface area contributed by atoms with Gasteiger partial charge in [-0.25, -0.2) is 19.3 Å². The molecule has 32 heavy (non-hydrogen) atoms. The van der Waals surface area contributed by atoms with E-state index in [4.69, 9.17) is 14.7 Å². The van der Waals surface area contributed by atoms with Crippen molar-refractivity contribution in [1.82, 2.24) is 19.9 Å². The van der Waals surface area contributed by atoms with Crippen molar-refractivity contribution in [2.45, 2.75) is 11.6 Å². The average Bonchev–Trinajstić information content (AvgIpc) is 3.19. The molecular weight excluding hydrogens is 449 g/mol. The number of nitrogens with one attached hydrogen (secondary N) is 1. The number of carbonyl (C=O) groups is 1. The predicted molar refractivity (Wildman–Crippen MR) is 125 cm³/mol. The molecule has 0 atom stereocenters. The van der Waals surface area contributed by atoms with Crippen molar-refractivity contribution >= 4 is 55.3 Å². The van der Waals surface area contributed by atoms with Gasteiger partial charge in [-0.05, 0) is 24.3 Å². The molecule has 0 bridgehead atoms. The van der Waals surface area contributed by atoms with E-state index in [2.05, 4.69) is 15.2 Å². The molecule has 7 nitrogen and oxygen atoms in total. The number of amides is 1. The first-order valence-electron chi connectivity index (χ1n) is 10.2. The smallest absolute Gasteiger partial charge is 0.236 e. The van der Waals surface area contributed by atoms with Crippen LogP contribution in [0.2, 0.25) is 0 Å². The van der Waals surface area contributed by atoms with Gasteiger partial charge in [0.1, 0.15) is 16.7 Å². The van der Waals surface area contributed by atoms with Crippen LogP contribution < -0.4 is 5.32 Å². The number of thiazole rings is 1. The van der Waals surface area contributed by atoms with Crippen molar-refractivity contribution in [3.8, 4) is 0 Å². The number of fused-ring (bicyclic) bond motifs is 2. The van der Waals surface area contributed by atoms with Crippen molar-refractivity contribution in [3.63, 3.8) is 0 Å². The van der Waals surface area contributed by atoms with Gasteiger partial charge in [0.15, 0.2) is 5.13 Å². The molecule has 0 unspecified atom stereocenters. The lowest BCUT2D eigenvalue weighted by atomic mass is 10.2. The highest BCUT2D eigenvalue weighted by molar-refractivity contribution is 8.00. The van der Waals surface area contributed by atoms with Crippen LogP contribution in [0.1, 0.15) is 5.82 Å². The number of hydrogen-bond acceptors (Lipinski definition) is 8. The van der Waals surface area contributed by atoms with Crippen LogP contribution in [-0.2, 0) is 16.1 Å². The summed E-state index contributed by atoms with van der Waals surface area (Å²) in [6.07, 6.45) is 0. The number of carbonyl (C=O) groups excluding carboxylic acids is 1. The van der Waals surface area contributed by atoms with Crippen molar-refractivity contribution in [3.05, 3.63) is 54.1 Å². The summed E-state index contributed by atoms with van der Waals surface area (Å²) in [6.45, 7) is 3.79. The van der Waals surface area contributed by atoms with Gasteiger partial charge < -0.3 is 10.1 Å². The first-order chi connectivity index (χ1) is 15.6. The van der Waals surface area contributed by atoms with E-state index in [9.17, 15) is 9.18 Å². The number of aromatic nitrogens is 3. The fourth-order valence-electron chi connectivity index (χ4n) is 3.47. The molecule has 1 amide bonds. The fraction of sp³-hybridized carbons (Fsp3) is 0.273. The summed E-state index contributed by atoms with van der Waals surface area (Å²) in [6, 6.07) is 12.2. The molecule has 0 radical (unpaired) electrons. The molecule has 1 N–H and O–H groups in total. The monoisotopic (exact) mass is 469 g/mol. The summed E-state index contributed by atoms with van der Waals surface area (Å²) in [7, 11) is 0. The van der Waals surface area contributed by atoms with Gasteiger partial charge in [0.25, 0.3) is 0 Å². The minimum atomic E-state index is -0.321. The number of hydrogen-bond donors (Lipinski definition) is 1. The normalized spacial score (nSPS) is 14.8. The maximum atomic E-state index is 13.4. The van der Waals surface area contributed by atoms with Crippen LogP contribution in [0.4, 0.5) is 9.52 Å². The van der Waals surface area contributed by atoms with Gasteiger partial charge in [-0.15, -0.1) is 0 Å². The number of para-hydroxylation sites is 1. The maximum Gasteiger partial charge on any atom is 0.236 e. The number of ether oxygens (including phenoxy) is 1. The average molecular weight is 470 g/mol. The Labute approximate surface area is 192 Å².